The van der Waals surface area contributed by atoms with Crippen LogP contribution in [0.25, 0.3) is 0 Å². The van der Waals surface area contributed by atoms with Crippen LogP contribution in [-0.2, 0) is 11.3 Å². The molecule has 1 fully saturated rings. The van der Waals surface area contributed by atoms with Gasteiger partial charge in [0.25, 0.3) is 0 Å². The van der Waals surface area contributed by atoms with Gasteiger partial charge in [-0.2, -0.15) is 0 Å². The third kappa shape index (κ3) is 2.58. The van der Waals surface area contributed by atoms with Crippen molar-refractivity contribution >= 4 is 6.09 Å². The third-order valence-corrected chi connectivity index (χ3v) is 3.00. The molecule has 0 aliphatic carbocycles. The van der Waals surface area contributed by atoms with E-state index < -0.39 is 5.60 Å². The highest BCUT2D eigenvalue weighted by Crippen LogP contribution is 2.23. The smallest absolute Gasteiger partial charge is 0.410 e. The fraction of sp³-hybridized carbons (Fsp3) is 0.462. The van der Waals surface area contributed by atoms with Crippen molar-refractivity contribution < 1.29 is 9.53 Å². The maximum absolute atomic E-state index is 11.7. The van der Waals surface area contributed by atoms with Crippen LogP contribution >= 0.6 is 0 Å². The Balaban J connectivity index is 2.08. The molecule has 0 radical (unpaired) electrons. The highest BCUT2D eigenvalue weighted by molar-refractivity contribution is 5.70. The van der Waals surface area contributed by atoms with E-state index in [0.29, 0.717) is 19.6 Å². The molecule has 2 rings (SSSR count). The molecule has 1 atom stereocenters. The SMILES string of the molecule is Cc1cccc(CN2CC(C)(CN)OC2=O)c1. The van der Waals surface area contributed by atoms with E-state index in [9.17, 15) is 4.79 Å². The maximum Gasteiger partial charge on any atom is 0.410 e. The topological polar surface area (TPSA) is 55.6 Å². The van der Waals surface area contributed by atoms with Crippen LogP contribution in [0.3, 0.4) is 0 Å². The Morgan fingerprint density at radius 3 is 2.88 bits per heavy atom. The predicted octanol–water partition coefficient (Wildman–Crippen LogP) is 1.66. The predicted molar refractivity (Wildman–Crippen MR) is 65.5 cm³/mol. The Labute approximate surface area is 101 Å². The van der Waals surface area contributed by atoms with Crippen LogP contribution in [0.5, 0.6) is 0 Å². The summed E-state index contributed by atoms with van der Waals surface area (Å²) in [7, 11) is 0. The van der Waals surface area contributed by atoms with E-state index in [1.807, 2.05) is 32.0 Å². The standard InChI is InChI=1S/C13H18N2O2/c1-10-4-3-5-11(6-10)7-15-9-13(2,8-14)17-12(15)16/h3-6H,7-9,14H2,1-2H3. The van der Waals surface area contributed by atoms with Crippen LogP contribution in [0.15, 0.2) is 24.3 Å². The normalized spacial score (nSPS) is 23.9. The van der Waals surface area contributed by atoms with E-state index in [-0.39, 0.29) is 6.09 Å². The Hall–Kier alpha value is -1.55. The second kappa shape index (κ2) is 4.37. The van der Waals surface area contributed by atoms with Crippen molar-refractivity contribution in [1.82, 2.24) is 4.90 Å². The average Bonchev–Trinajstić information content (AvgIpc) is 2.55. The second-order valence-electron chi connectivity index (χ2n) is 4.87. The van der Waals surface area contributed by atoms with Crippen molar-refractivity contribution in [3.63, 3.8) is 0 Å². The van der Waals surface area contributed by atoms with E-state index in [1.165, 1.54) is 5.56 Å². The van der Waals surface area contributed by atoms with Crippen molar-refractivity contribution in [3.8, 4) is 0 Å². The zero-order chi connectivity index (χ0) is 12.5. The summed E-state index contributed by atoms with van der Waals surface area (Å²) >= 11 is 0. The number of carbonyl (C=O) groups excluding carboxylic acids is 1. The Kier molecular flexibility index (Phi) is 3.07. The molecule has 92 valence electrons. The summed E-state index contributed by atoms with van der Waals surface area (Å²) in [6, 6.07) is 8.12. The number of nitrogens with two attached hydrogens (primary N) is 1. The number of cyclic esters (lactones) is 1. The zero-order valence-electron chi connectivity index (χ0n) is 10.3. The van der Waals surface area contributed by atoms with Gasteiger partial charge < -0.3 is 10.5 Å². The quantitative estimate of drug-likeness (QED) is 0.865. The molecule has 1 unspecified atom stereocenters. The monoisotopic (exact) mass is 234 g/mol. The molecule has 1 aromatic carbocycles. The van der Waals surface area contributed by atoms with Gasteiger partial charge in [-0.3, -0.25) is 4.90 Å². The van der Waals surface area contributed by atoms with Gasteiger partial charge in [-0.1, -0.05) is 29.8 Å². The van der Waals surface area contributed by atoms with E-state index in [2.05, 4.69) is 6.07 Å². The maximum atomic E-state index is 11.7. The number of ether oxygens (including phenoxy) is 1. The summed E-state index contributed by atoms with van der Waals surface area (Å²) in [5, 5.41) is 0. The lowest BCUT2D eigenvalue weighted by atomic mass is 10.1. The van der Waals surface area contributed by atoms with Gasteiger partial charge in [0.05, 0.1) is 6.54 Å². The number of rotatable bonds is 3. The van der Waals surface area contributed by atoms with Crippen LogP contribution in [0.2, 0.25) is 0 Å². The molecule has 1 aliphatic rings. The number of amides is 1. The molecule has 4 heteroatoms. The van der Waals surface area contributed by atoms with Gasteiger partial charge >= 0.3 is 6.09 Å². The van der Waals surface area contributed by atoms with Crippen molar-refractivity contribution in [2.45, 2.75) is 26.0 Å². The number of carbonyl (C=O) groups is 1. The number of benzene rings is 1. The van der Waals surface area contributed by atoms with Crippen LogP contribution in [-0.4, -0.2) is 29.7 Å². The fourth-order valence-corrected chi connectivity index (χ4v) is 2.03. The summed E-state index contributed by atoms with van der Waals surface area (Å²) in [4.78, 5) is 13.4. The lowest BCUT2D eigenvalue weighted by Gasteiger charge is -2.19. The minimum Gasteiger partial charge on any atom is -0.440 e. The largest absolute Gasteiger partial charge is 0.440 e. The minimum atomic E-state index is -0.541. The molecule has 1 aliphatic heterocycles. The first-order valence-corrected chi connectivity index (χ1v) is 5.76. The highest BCUT2D eigenvalue weighted by Gasteiger charge is 2.40. The molecule has 0 bridgehead atoms. The first-order chi connectivity index (χ1) is 8.02. The molecule has 1 amide bonds. The van der Waals surface area contributed by atoms with Gasteiger partial charge in [0, 0.05) is 13.1 Å². The lowest BCUT2D eigenvalue weighted by Crippen LogP contribution is -2.38. The molecule has 0 spiro atoms. The molecular formula is C13H18N2O2. The van der Waals surface area contributed by atoms with Gasteiger partial charge in [-0.05, 0) is 19.4 Å². The van der Waals surface area contributed by atoms with Crippen molar-refractivity contribution in [3.05, 3.63) is 35.4 Å². The van der Waals surface area contributed by atoms with Crippen LogP contribution < -0.4 is 5.73 Å². The van der Waals surface area contributed by atoms with Crippen molar-refractivity contribution in [2.24, 2.45) is 5.73 Å². The van der Waals surface area contributed by atoms with E-state index in [0.717, 1.165) is 5.56 Å². The zero-order valence-corrected chi connectivity index (χ0v) is 10.3. The van der Waals surface area contributed by atoms with Gasteiger partial charge in [-0.25, -0.2) is 4.79 Å². The molecule has 4 nitrogen and oxygen atoms in total. The molecule has 17 heavy (non-hydrogen) atoms. The molecule has 0 saturated carbocycles. The summed E-state index contributed by atoms with van der Waals surface area (Å²) < 4.78 is 5.28. The van der Waals surface area contributed by atoms with Gasteiger partial charge in [0.15, 0.2) is 0 Å². The molecule has 1 heterocycles. The second-order valence-corrected chi connectivity index (χ2v) is 4.87. The average molecular weight is 234 g/mol. The van der Waals surface area contributed by atoms with Crippen LogP contribution in [0.4, 0.5) is 4.79 Å². The number of hydrogen-bond acceptors (Lipinski definition) is 3. The fourth-order valence-electron chi connectivity index (χ4n) is 2.03. The van der Waals surface area contributed by atoms with Gasteiger partial charge in [0.1, 0.15) is 5.60 Å². The molecule has 1 aromatic rings. The Morgan fingerprint density at radius 2 is 2.29 bits per heavy atom. The summed E-state index contributed by atoms with van der Waals surface area (Å²) in [5.41, 5.74) is 7.37. The number of aryl methyl sites for hydroxylation is 1. The number of nitrogens with zero attached hydrogens (tertiary/aromatic N) is 1. The first-order valence-electron chi connectivity index (χ1n) is 5.76. The Bertz CT molecular complexity index is 433. The van der Waals surface area contributed by atoms with E-state index in [4.69, 9.17) is 10.5 Å². The van der Waals surface area contributed by atoms with Gasteiger partial charge in [0.2, 0.25) is 0 Å². The molecular weight excluding hydrogens is 216 g/mol. The molecule has 1 saturated heterocycles. The van der Waals surface area contributed by atoms with E-state index in [1.54, 1.807) is 4.90 Å². The van der Waals surface area contributed by atoms with Crippen molar-refractivity contribution in [1.29, 1.82) is 0 Å². The molecule has 0 aromatic heterocycles. The summed E-state index contributed by atoms with van der Waals surface area (Å²) in [6.07, 6.45) is -0.278. The highest BCUT2D eigenvalue weighted by atomic mass is 16.6. The molecule has 2 N–H and O–H groups in total. The van der Waals surface area contributed by atoms with Gasteiger partial charge in [-0.15, -0.1) is 0 Å². The summed E-state index contributed by atoms with van der Waals surface area (Å²) in [5.74, 6) is 0. The number of hydrogen-bond donors (Lipinski definition) is 1. The van der Waals surface area contributed by atoms with Crippen molar-refractivity contribution in [2.75, 3.05) is 13.1 Å². The first kappa shape index (κ1) is 11.9. The van der Waals surface area contributed by atoms with Crippen LogP contribution in [0.1, 0.15) is 18.1 Å². The minimum absolute atomic E-state index is 0.278. The summed E-state index contributed by atoms with van der Waals surface area (Å²) in [6.45, 7) is 5.38. The Morgan fingerprint density at radius 1 is 1.53 bits per heavy atom. The lowest BCUT2D eigenvalue weighted by molar-refractivity contribution is 0.0781. The van der Waals surface area contributed by atoms with E-state index >= 15 is 0 Å². The third-order valence-electron chi connectivity index (χ3n) is 3.00. The van der Waals surface area contributed by atoms with Crippen LogP contribution in [0, 0.1) is 6.92 Å².